The van der Waals surface area contributed by atoms with Crippen molar-refractivity contribution in [3.05, 3.63) is 34.6 Å². The second kappa shape index (κ2) is 8.92. The van der Waals surface area contributed by atoms with Gasteiger partial charge in [0.1, 0.15) is 0 Å². The number of benzene rings is 1. The average molecular weight is 383 g/mol. The molecule has 0 aliphatic carbocycles. The molecule has 0 radical (unpaired) electrons. The van der Waals surface area contributed by atoms with Crippen LogP contribution in [0, 0.1) is 13.8 Å². The van der Waals surface area contributed by atoms with Crippen LogP contribution in [0.5, 0.6) is 11.5 Å². The van der Waals surface area contributed by atoms with Crippen LogP contribution in [0.15, 0.2) is 18.2 Å². The summed E-state index contributed by atoms with van der Waals surface area (Å²) in [6.07, 6.45) is 0.881. The lowest BCUT2D eigenvalue weighted by Gasteiger charge is -2.13. The molecule has 0 amide bonds. The lowest BCUT2D eigenvalue weighted by molar-refractivity contribution is 0.355. The minimum Gasteiger partial charge on any atom is -0.493 e. The number of nitrogens with one attached hydrogen (secondary N) is 2. The highest BCUT2D eigenvalue weighted by molar-refractivity contribution is 7.80. The van der Waals surface area contributed by atoms with Gasteiger partial charge >= 0.3 is 0 Å². The van der Waals surface area contributed by atoms with Crippen molar-refractivity contribution in [1.29, 1.82) is 0 Å². The van der Waals surface area contributed by atoms with Gasteiger partial charge in [-0.05, 0) is 44.6 Å². The van der Waals surface area contributed by atoms with Crippen molar-refractivity contribution in [2.45, 2.75) is 26.8 Å². The molecule has 0 aliphatic heterocycles. The summed E-state index contributed by atoms with van der Waals surface area (Å²) in [5.41, 5.74) is 2.68. The molecule has 1 aromatic carbocycles. The molecule has 0 aliphatic rings. The number of halogens is 1. The van der Waals surface area contributed by atoms with E-state index in [1.807, 2.05) is 36.7 Å². The van der Waals surface area contributed by atoms with E-state index >= 15 is 0 Å². The Morgan fingerprint density at radius 2 is 1.96 bits per heavy atom. The van der Waals surface area contributed by atoms with Gasteiger partial charge in [-0.15, -0.1) is 0 Å². The zero-order valence-corrected chi connectivity index (χ0v) is 16.4. The average Bonchev–Trinajstić information content (AvgIpc) is 2.85. The van der Waals surface area contributed by atoms with Crippen LogP contribution in [-0.2, 0) is 6.54 Å². The summed E-state index contributed by atoms with van der Waals surface area (Å²) < 4.78 is 12.4. The van der Waals surface area contributed by atoms with Gasteiger partial charge in [0.2, 0.25) is 0 Å². The zero-order chi connectivity index (χ0) is 18.4. The first kappa shape index (κ1) is 19.3. The fourth-order valence-corrected chi connectivity index (χ4v) is 2.77. The third-order valence-electron chi connectivity index (χ3n) is 3.77. The van der Waals surface area contributed by atoms with Crippen LogP contribution in [-0.4, -0.2) is 35.7 Å². The summed E-state index contributed by atoms with van der Waals surface area (Å²) in [5.74, 6) is 1.33. The predicted octanol–water partition coefficient (Wildman–Crippen LogP) is 3.55. The van der Waals surface area contributed by atoms with Gasteiger partial charge in [0, 0.05) is 24.8 Å². The molecule has 0 saturated heterocycles. The van der Waals surface area contributed by atoms with Crippen LogP contribution in [0.2, 0.25) is 5.02 Å². The fraction of sp³-hybridized carbons (Fsp3) is 0.412. The van der Waals surface area contributed by atoms with E-state index in [0.29, 0.717) is 16.6 Å². The Kier molecular flexibility index (Phi) is 6.90. The second-order valence-corrected chi connectivity index (χ2v) is 6.30. The van der Waals surface area contributed by atoms with Crippen LogP contribution in [0.4, 0.5) is 5.69 Å². The monoisotopic (exact) mass is 382 g/mol. The Hall–Kier alpha value is -1.99. The Morgan fingerprint density at radius 1 is 1.24 bits per heavy atom. The maximum absolute atomic E-state index is 6.15. The van der Waals surface area contributed by atoms with E-state index in [1.54, 1.807) is 14.2 Å². The molecule has 0 unspecified atom stereocenters. The molecule has 25 heavy (non-hydrogen) atoms. The fourth-order valence-electron chi connectivity index (χ4n) is 2.41. The standard InChI is InChI=1S/C17H23ClN4O2S/c1-11-16(18)12(2)22(21-11)9-5-8-19-17(25)20-13-6-7-14(23-3)15(10-13)24-4/h6-7,10H,5,8-9H2,1-4H3,(H2,19,20,25). The summed E-state index contributed by atoms with van der Waals surface area (Å²) >= 11 is 11.5. The lowest BCUT2D eigenvalue weighted by atomic mass is 10.3. The molecule has 0 fully saturated rings. The van der Waals surface area contributed by atoms with Crippen molar-refractivity contribution < 1.29 is 9.47 Å². The number of thiocarbonyl (C=S) groups is 1. The van der Waals surface area contributed by atoms with Crippen molar-refractivity contribution in [2.24, 2.45) is 0 Å². The summed E-state index contributed by atoms with van der Waals surface area (Å²) in [6.45, 7) is 5.39. The zero-order valence-electron chi connectivity index (χ0n) is 14.9. The summed E-state index contributed by atoms with van der Waals surface area (Å²) in [5, 5.41) is 12.0. The number of methoxy groups -OCH3 is 2. The predicted molar refractivity (Wildman–Crippen MR) is 105 cm³/mol. The molecule has 6 nitrogen and oxygen atoms in total. The number of aromatic nitrogens is 2. The van der Waals surface area contributed by atoms with Crippen LogP contribution < -0.4 is 20.1 Å². The highest BCUT2D eigenvalue weighted by atomic mass is 35.5. The Balaban J connectivity index is 1.80. The Morgan fingerprint density at radius 3 is 2.56 bits per heavy atom. The molecule has 136 valence electrons. The number of rotatable bonds is 7. The van der Waals surface area contributed by atoms with Crippen LogP contribution in [0.1, 0.15) is 17.8 Å². The van der Waals surface area contributed by atoms with E-state index in [4.69, 9.17) is 33.3 Å². The van der Waals surface area contributed by atoms with E-state index in [2.05, 4.69) is 15.7 Å². The van der Waals surface area contributed by atoms with Gasteiger partial charge in [-0.1, -0.05) is 11.6 Å². The third kappa shape index (κ3) is 4.99. The van der Waals surface area contributed by atoms with Crippen molar-refractivity contribution >= 4 is 34.6 Å². The molecule has 8 heteroatoms. The summed E-state index contributed by atoms with van der Waals surface area (Å²) in [6, 6.07) is 5.55. The quantitative estimate of drug-likeness (QED) is 0.564. The van der Waals surface area contributed by atoms with Gasteiger partial charge in [0.15, 0.2) is 16.6 Å². The molecule has 0 bridgehead atoms. The van der Waals surface area contributed by atoms with Crippen molar-refractivity contribution in [1.82, 2.24) is 15.1 Å². The SMILES string of the molecule is COc1ccc(NC(=S)NCCCn2nc(C)c(Cl)c2C)cc1OC. The van der Waals surface area contributed by atoms with E-state index < -0.39 is 0 Å². The highest BCUT2D eigenvalue weighted by Gasteiger charge is 2.09. The first-order valence-electron chi connectivity index (χ1n) is 7.92. The minimum absolute atomic E-state index is 0.554. The first-order chi connectivity index (χ1) is 12.0. The first-order valence-corrected chi connectivity index (χ1v) is 8.71. The van der Waals surface area contributed by atoms with E-state index in [-0.39, 0.29) is 0 Å². The molecule has 1 aromatic heterocycles. The van der Waals surface area contributed by atoms with Gasteiger partial charge < -0.3 is 20.1 Å². The minimum atomic E-state index is 0.554. The number of hydrogen-bond donors (Lipinski definition) is 2. The largest absolute Gasteiger partial charge is 0.493 e. The Labute approximate surface area is 158 Å². The van der Waals surface area contributed by atoms with E-state index in [0.717, 1.165) is 41.6 Å². The van der Waals surface area contributed by atoms with E-state index in [9.17, 15) is 0 Å². The number of ether oxygens (including phenoxy) is 2. The van der Waals surface area contributed by atoms with Gasteiger partial charge in [0.25, 0.3) is 0 Å². The molecule has 0 atom stereocenters. The molecule has 1 heterocycles. The molecular weight excluding hydrogens is 360 g/mol. The van der Waals surface area contributed by atoms with Crippen molar-refractivity contribution in [3.8, 4) is 11.5 Å². The molecule has 2 N–H and O–H groups in total. The van der Waals surface area contributed by atoms with Crippen LogP contribution >= 0.6 is 23.8 Å². The molecular formula is C17H23ClN4O2S. The molecule has 0 spiro atoms. The van der Waals surface area contributed by atoms with Gasteiger partial charge in [0.05, 0.1) is 30.6 Å². The number of anilines is 1. The van der Waals surface area contributed by atoms with Crippen LogP contribution in [0.3, 0.4) is 0 Å². The van der Waals surface area contributed by atoms with Gasteiger partial charge in [-0.2, -0.15) is 5.10 Å². The van der Waals surface area contributed by atoms with Crippen LogP contribution in [0.25, 0.3) is 0 Å². The second-order valence-electron chi connectivity index (χ2n) is 5.51. The molecule has 0 saturated carbocycles. The molecule has 2 rings (SSSR count). The van der Waals surface area contributed by atoms with Crippen molar-refractivity contribution in [3.63, 3.8) is 0 Å². The van der Waals surface area contributed by atoms with Gasteiger partial charge in [-0.25, -0.2) is 0 Å². The summed E-state index contributed by atoms with van der Waals surface area (Å²) in [7, 11) is 3.20. The maximum Gasteiger partial charge on any atom is 0.170 e. The Bertz CT molecular complexity index is 748. The number of aryl methyl sites for hydroxylation is 2. The maximum atomic E-state index is 6.15. The van der Waals surface area contributed by atoms with Gasteiger partial charge in [-0.3, -0.25) is 4.68 Å². The highest BCUT2D eigenvalue weighted by Crippen LogP contribution is 2.29. The lowest BCUT2D eigenvalue weighted by Crippen LogP contribution is -2.29. The summed E-state index contributed by atoms with van der Waals surface area (Å²) in [4.78, 5) is 0. The number of nitrogens with zero attached hydrogens (tertiary/aromatic N) is 2. The molecule has 2 aromatic rings. The smallest absolute Gasteiger partial charge is 0.170 e. The van der Waals surface area contributed by atoms with E-state index in [1.165, 1.54) is 0 Å². The van der Waals surface area contributed by atoms with Crippen molar-refractivity contribution in [2.75, 3.05) is 26.1 Å². The normalized spacial score (nSPS) is 10.4. The third-order valence-corrected chi connectivity index (χ3v) is 4.56. The topological polar surface area (TPSA) is 60.3 Å². The number of hydrogen-bond acceptors (Lipinski definition) is 4.